The van der Waals surface area contributed by atoms with E-state index in [9.17, 15) is 13.2 Å². The van der Waals surface area contributed by atoms with Crippen LogP contribution in [0.1, 0.15) is 27.0 Å². The summed E-state index contributed by atoms with van der Waals surface area (Å²) in [5, 5.41) is 2.87. The summed E-state index contributed by atoms with van der Waals surface area (Å²) in [6.07, 6.45) is 1.14. The van der Waals surface area contributed by atoms with Gasteiger partial charge in [0.1, 0.15) is 0 Å². The first kappa shape index (κ1) is 18.0. The van der Waals surface area contributed by atoms with Crippen molar-refractivity contribution in [1.29, 1.82) is 0 Å². The minimum Gasteiger partial charge on any atom is -0.348 e. The summed E-state index contributed by atoms with van der Waals surface area (Å²) in [6.45, 7) is 4.18. The van der Waals surface area contributed by atoms with Crippen LogP contribution in [0.5, 0.6) is 0 Å². The molecule has 1 N–H and O–H groups in total. The number of carbonyl (C=O) groups is 1. The Hall–Kier alpha value is -2.34. The molecule has 128 valence electrons. The third kappa shape index (κ3) is 4.14. The number of nitrogens with one attached hydrogen (secondary N) is 1. The number of hydrogen-bond acceptors (Lipinski definition) is 3. The summed E-state index contributed by atoms with van der Waals surface area (Å²) in [5.74, 6) is -0.225. The standard InChI is InChI=1S/C18H22N2O3S/c1-13-8-10-15(11-9-13)12-19-18(21)16-6-5-7-17(14(16)2)20(3)24(4,22)23/h5-11H,12H2,1-4H3,(H,19,21). The Balaban J connectivity index is 2.19. The van der Waals surface area contributed by atoms with Crippen molar-refractivity contribution in [2.75, 3.05) is 17.6 Å². The molecule has 6 heteroatoms. The Morgan fingerprint density at radius 1 is 1.08 bits per heavy atom. The van der Waals surface area contributed by atoms with Crippen molar-refractivity contribution in [1.82, 2.24) is 5.32 Å². The summed E-state index contributed by atoms with van der Waals surface area (Å²) >= 11 is 0. The molecule has 0 aliphatic rings. The monoisotopic (exact) mass is 346 g/mol. The summed E-state index contributed by atoms with van der Waals surface area (Å²) in [7, 11) is -1.90. The smallest absolute Gasteiger partial charge is 0.251 e. The zero-order valence-corrected chi connectivity index (χ0v) is 15.1. The maximum atomic E-state index is 12.5. The fraction of sp³-hybridized carbons (Fsp3) is 0.278. The number of sulfonamides is 1. The topological polar surface area (TPSA) is 66.5 Å². The zero-order chi connectivity index (χ0) is 17.9. The van der Waals surface area contributed by atoms with Crippen molar-refractivity contribution in [2.45, 2.75) is 20.4 Å². The molecule has 2 aromatic carbocycles. The third-order valence-corrected chi connectivity index (χ3v) is 5.15. The molecule has 2 aromatic rings. The van der Waals surface area contributed by atoms with Gasteiger partial charge in [0.15, 0.2) is 0 Å². The van der Waals surface area contributed by atoms with Crippen LogP contribution in [0.2, 0.25) is 0 Å². The van der Waals surface area contributed by atoms with E-state index in [2.05, 4.69) is 5.32 Å². The highest BCUT2D eigenvalue weighted by atomic mass is 32.2. The molecule has 0 saturated heterocycles. The molecule has 0 bridgehead atoms. The van der Waals surface area contributed by atoms with Crippen molar-refractivity contribution in [3.05, 3.63) is 64.7 Å². The summed E-state index contributed by atoms with van der Waals surface area (Å²) in [6, 6.07) is 13.0. The highest BCUT2D eigenvalue weighted by Crippen LogP contribution is 2.24. The van der Waals surface area contributed by atoms with E-state index < -0.39 is 10.0 Å². The van der Waals surface area contributed by atoms with Crippen LogP contribution in [0.15, 0.2) is 42.5 Å². The molecule has 5 nitrogen and oxygen atoms in total. The lowest BCUT2D eigenvalue weighted by Gasteiger charge is -2.20. The molecule has 0 fully saturated rings. The van der Waals surface area contributed by atoms with Crippen molar-refractivity contribution in [2.24, 2.45) is 0 Å². The number of rotatable bonds is 5. The molecule has 0 atom stereocenters. The van der Waals surface area contributed by atoms with Crippen LogP contribution in [-0.2, 0) is 16.6 Å². The van der Waals surface area contributed by atoms with Gasteiger partial charge in [-0.3, -0.25) is 9.10 Å². The van der Waals surface area contributed by atoms with E-state index in [-0.39, 0.29) is 5.91 Å². The molecule has 0 aliphatic heterocycles. The quantitative estimate of drug-likeness (QED) is 0.905. The van der Waals surface area contributed by atoms with Gasteiger partial charge in [-0.15, -0.1) is 0 Å². The van der Waals surface area contributed by atoms with Crippen LogP contribution >= 0.6 is 0 Å². The number of amides is 1. The molecule has 0 aliphatic carbocycles. The molecular weight excluding hydrogens is 324 g/mol. The number of nitrogens with zero attached hydrogens (tertiary/aromatic N) is 1. The first-order valence-electron chi connectivity index (χ1n) is 7.57. The van der Waals surface area contributed by atoms with Gasteiger partial charge in [-0.1, -0.05) is 35.9 Å². The van der Waals surface area contributed by atoms with Crippen LogP contribution in [0, 0.1) is 13.8 Å². The van der Waals surface area contributed by atoms with Gasteiger partial charge in [0.2, 0.25) is 10.0 Å². The highest BCUT2D eigenvalue weighted by Gasteiger charge is 2.18. The van der Waals surface area contributed by atoms with Gasteiger partial charge >= 0.3 is 0 Å². The average molecular weight is 346 g/mol. The maximum absolute atomic E-state index is 12.5. The van der Waals surface area contributed by atoms with E-state index in [0.717, 1.165) is 17.4 Å². The van der Waals surface area contributed by atoms with Gasteiger partial charge in [-0.25, -0.2) is 8.42 Å². The fourth-order valence-electron chi connectivity index (χ4n) is 2.37. The lowest BCUT2D eigenvalue weighted by molar-refractivity contribution is 0.0950. The summed E-state index contributed by atoms with van der Waals surface area (Å²) in [5.41, 5.74) is 3.77. The molecule has 2 rings (SSSR count). The minimum absolute atomic E-state index is 0.225. The van der Waals surface area contributed by atoms with E-state index in [0.29, 0.717) is 23.4 Å². The number of carbonyl (C=O) groups excluding carboxylic acids is 1. The largest absolute Gasteiger partial charge is 0.348 e. The van der Waals surface area contributed by atoms with E-state index >= 15 is 0 Å². The van der Waals surface area contributed by atoms with Crippen molar-refractivity contribution >= 4 is 21.6 Å². The molecule has 1 amide bonds. The molecule has 0 unspecified atom stereocenters. The minimum atomic E-state index is -3.38. The fourth-order valence-corrected chi connectivity index (χ4v) is 2.93. The lowest BCUT2D eigenvalue weighted by atomic mass is 10.1. The van der Waals surface area contributed by atoms with Crippen LogP contribution in [0.4, 0.5) is 5.69 Å². The Kier molecular flexibility index (Phi) is 5.29. The number of benzene rings is 2. The number of anilines is 1. The van der Waals surface area contributed by atoms with Crippen molar-refractivity contribution in [3.63, 3.8) is 0 Å². The van der Waals surface area contributed by atoms with Gasteiger partial charge in [-0.2, -0.15) is 0 Å². The molecule has 0 radical (unpaired) electrons. The van der Waals surface area contributed by atoms with Crippen LogP contribution in [-0.4, -0.2) is 27.6 Å². The van der Waals surface area contributed by atoms with Gasteiger partial charge < -0.3 is 5.32 Å². The lowest BCUT2D eigenvalue weighted by Crippen LogP contribution is -2.28. The van der Waals surface area contributed by atoms with Crippen LogP contribution < -0.4 is 9.62 Å². The SMILES string of the molecule is Cc1ccc(CNC(=O)c2cccc(N(C)S(C)(=O)=O)c2C)cc1. The van der Waals surface area contributed by atoms with Crippen molar-refractivity contribution < 1.29 is 13.2 Å². The molecule has 24 heavy (non-hydrogen) atoms. The second-order valence-corrected chi connectivity index (χ2v) is 7.86. The molecular formula is C18H22N2O3S. The maximum Gasteiger partial charge on any atom is 0.251 e. The Morgan fingerprint density at radius 3 is 2.29 bits per heavy atom. The molecule has 0 spiro atoms. The van der Waals surface area contributed by atoms with Gasteiger partial charge in [0.05, 0.1) is 11.9 Å². The van der Waals surface area contributed by atoms with E-state index in [4.69, 9.17) is 0 Å². The van der Waals surface area contributed by atoms with E-state index in [1.54, 1.807) is 25.1 Å². The molecule has 0 saturated carbocycles. The molecule has 0 aromatic heterocycles. The number of hydrogen-bond donors (Lipinski definition) is 1. The average Bonchev–Trinajstić information content (AvgIpc) is 2.53. The highest BCUT2D eigenvalue weighted by molar-refractivity contribution is 7.92. The van der Waals surface area contributed by atoms with Crippen molar-refractivity contribution in [3.8, 4) is 0 Å². The second kappa shape index (κ2) is 7.05. The van der Waals surface area contributed by atoms with Gasteiger partial charge in [0.25, 0.3) is 5.91 Å². The first-order valence-corrected chi connectivity index (χ1v) is 9.42. The van der Waals surface area contributed by atoms with Gasteiger partial charge in [0, 0.05) is 19.2 Å². The Bertz CT molecular complexity index is 843. The van der Waals surface area contributed by atoms with Crippen LogP contribution in [0.3, 0.4) is 0 Å². The predicted molar refractivity (Wildman–Crippen MR) is 96.8 cm³/mol. The summed E-state index contributed by atoms with van der Waals surface area (Å²) in [4.78, 5) is 12.5. The van der Waals surface area contributed by atoms with Crippen LogP contribution in [0.25, 0.3) is 0 Å². The summed E-state index contributed by atoms with van der Waals surface area (Å²) < 4.78 is 24.6. The Morgan fingerprint density at radius 2 is 1.71 bits per heavy atom. The van der Waals surface area contributed by atoms with E-state index in [1.165, 1.54) is 11.4 Å². The normalized spacial score (nSPS) is 11.2. The molecule has 0 heterocycles. The van der Waals surface area contributed by atoms with E-state index in [1.807, 2.05) is 31.2 Å². The second-order valence-electron chi connectivity index (χ2n) is 5.85. The predicted octanol–water partition coefficient (Wildman–Crippen LogP) is 2.63. The number of aryl methyl sites for hydroxylation is 1. The third-order valence-electron chi connectivity index (χ3n) is 3.96. The van der Waals surface area contributed by atoms with Gasteiger partial charge in [-0.05, 0) is 37.1 Å². The first-order chi connectivity index (χ1) is 11.2. The zero-order valence-electron chi connectivity index (χ0n) is 14.3. The Labute approximate surface area is 143 Å².